The first-order chi connectivity index (χ1) is 7.22. The predicted octanol–water partition coefficient (Wildman–Crippen LogP) is 2.44. The van der Waals surface area contributed by atoms with Crippen LogP contribution in [0.5, 0.6) is 0 Å². The molecule has 0 aliphatic carbocycles. The van der Waals surface area contributed by atoms with Gasteiger partial charge in [-0.15, -0.1) is 0 Å². The third kappa shape index (κ3) is 1.71. The van der Waals surface area contributed by atoms with Gasteiger partial charge in [0.15, 0.2) is 0 Å². The largest absolute Gasteiger partial charge is 0.330 e. The molecule has 0 spiro atoms. The van der Waals surface area contributed by atoms with E-state index in [2.05, 4.69) is 6.07 Å². The van der Waals surface area contributed by atoms with Crippen LogP contribution in [0.3, 0.4) is 0 Å². The number of rotatable bonds is 1. The topological polar surface area (TPSA) is 50.9 Å². The number of hydrogen-bond acceptors (Lipinski definition) is 2. The summed E-state index contributed by atoms with van der Waals surface area (Å²) in [4.78, 5) is 2.00. The highest BCUT2D eigenvalue weighted by molar-refractivity contribution is 5.98. The van der Waals surface area contributed by atoms with Crippen LogP contribution in [0.1, 0.15) is 24.0 Å². The molecule has 0 saturated carbocycles. The highest BCUT2D eigenvalue weighted by Gasteiger charge is 2.19. The Morgan fingerprint density at radius 3 is 2.87 bits per heavy atom. The molecule has 1 saturated heterocycles. The third-order valence-corrected chi connectivity index (χ3v) is 2.75. The molecular weight excluding hydrogens is 186 g/mol. The van der Waals surface area contributed by atoms with Crippen LogP contribution in [0.4, 0.5) is 5.69 Å². The highest BCUT2D eigenvalue weighted by atomic mass is 15.2. The van der Waals surface area contributed by atoms with Crippen LogP contribution < -0.4 is 4.90 Å². The van der Waals surface area contributed by atoms with Gasteiger partial charge in [-0.2, -0.15) is 5.26 Å². The van der Waals surface area contributed by atoms with Crippen LogP contribution in [-0.2, 0) is 0 Å². The van der Waals surface area contributed by atoms with Crippen molar-refractivity contribution in [2.75, 3.05) is 11.4 Å². The Morgan fingerprint density at radius 1 is 1.47 bits per heavy atom. The molecule has 1 aliphatic heterocycles. The molecule has 1 heterocycles. The van der Waals surface area contributed by atoms with E-state index in [1.165, 1.54) is 0 Å². The van der Waals surface area contributed by atoms with E-state index in [0.717, 1.165) is 30.6 Å². The number of amidine groups is 1. The molecule has 0 aromatic heterocycles. The summed E-state index contributed by atoms with van der Waals surface area (Å²) in [5.41, 5.74) is 2.80. The first-order valence-electron chi connectivity index (χ1n) is 5.08. The van der Waals surface area contributed by atoms with Gasteiger partial charge in [-0.1, -0.05) is 6.07 Å². The Hall–Kier alpha value is -1.82. The smallest absolute Gasteiger partial charge is 0.100 e. The number of aryl methyl sites for hydroxylation is 1. The molecule has 3 heteroatoms. The Kier molecular flexibility index (Phi) is 2.42. The quantitative estimate of drug-likeness (QED) is 0.755. The van der Waals surface area contributed by atoms with Crippen molar-refractivity contribution in [1.82, 2.24) is 0 Å². The first-order valence-corrected chi connectivity index (χ1v) is 5.08. The Balaban J connectivity index is 2.43. The monoisotopic (exact) mass is 199 g/mol. The molecule has 0 unspecified atom stereocenters. The van der Waals surface area contributed by atoms with Gasteiger partial charge in [0, 0.05) is 18.7 Å². The summed E-state index contributed by atoms with van der Waals surface area (Å²) in [5.74, 6) is 0.660. The number of nitrogens with one attached hydrogen (secondary N) is 1. The lowest BCUT2D eigenvalue weighted by Gasteiger charge is -2.20. The van der Waals surface area contributed by atoms with Crippen LogP contribution in [0, 0.1) is 23.7 Å². The molecule has 0 amide bonds. The summed E-state index contributed by atoms with van der Waals surface area (Å²) >= 11 is 0. The van der Waals surface area contributed by atoms with E-state index >= 15 is 0 Å². The van der Waals surface area contributed by atoms with Gasteiger partial charge in [-0.25, -0.2) is 0 Å². The minimum Gasteiger partial charge on any atom is -0.330 e. The van der Waals surface area contributed by atoms with Crippen molar-refractivity contribution >= 4 is 11.5 Å². The SMILES string of the molecule is Cc1ccc(C#N)cc1N1CCCC1=N. The number of anilines is 1. The second kappa shape index (κ2) is 3.74. The van der Waals surface area contributed by atoms with Crippen LogP contribution in [0.15, 0.2) is 18.2 Å². The van der Waals surface area contributed by atoms with E-state index in [1.807, 2.05) is 30.0 Å². The summed E-state index contributed by atoms with van der Waals surface area (Å²) in [5, 5.41) is 16.7. The zero-order valence-corrected chi connectivity index (χ0v) is 8.75. The molecule has 0 bridgehead atoms. The van der Waals surface area contributed by atoms with Crippen molar-refractivity contribution in [2.45, 2.75) is 19.8 Å². The van der Waals surface area contributed by atoms with Gasteiger partial charge in [0.1, 0.15) is 5.84 Å². The van der Waals surface area contributed by atoms with Crippen molar-refractivity contribution in [3.05, 3.63) is 29.3 Å². The lowest BCUT2D eigenvalue weighted by Crippen LogP contribution is -2.24. The molecule has 1 aromatic carbocycles. The molecule has 0 radical (unpaired) electrons. The fourth-order valence-electron chi connectivity index (χ4n) is 1.91. The molecule has 1 aliphatic rings. The average molecular weight is 199 g/mol. The van der Waals surface area contributed by atoms with E-state index in [0.29, 0.717) is 11.4 Å². The van der Waals surface area contributed by atoms with Gasteiger partial charge in [0.05, 0.1) is 11.6 Å². The van der Waals surface area contributed by atoms with Crippen molar-refractivity contribution in [1.29, 1.82) is 10.7 Å². The summed E-state index contributed by atoms with van der Waals surface area (Å²) in [6.45, 7) is 2.91. The van der Waals surface area contributed by atoms with Crippen molar-refractivity contribution in [3.8, 4) is 6.07 Å². The van der Waals surface area contributed by atoms with E-state index in [4.69, 9.17) is 10.7 Å². The molecule has 1 aromatic rings. The zero-order chi connectivity index (χ0) is 10.8. The van der Waals surface area contributed by atoms with Crippen molar-refractivity contribution in [3.63, 3.8) is 0 Å². The van der Waals surface area contributed by atoms with Gasteiger partial charge in [-0.3, -0.25) is 5.41 Å². The molecular formula is C12H13N3. The van der Waals surface area contributed by atoms with E-state index in [-0.39, 0.29) is 0 Å². The van der Waals surface area contributed by atoms with Gasteiger partial charge in [0.25, 0.3) is 0 Å². The van der Waals surface area contributed by atoms with Crippen molar-refractivity contribution < 1.29 is 0 Å². The molecule has 15 heavy (non-hydrogen) atoms. The Labute approximate surface area is 89.5 Å². The maximum absolute atomic E-state index is 8.84. The first kappa shape index (κ1) is 9.72. The number of nitriles is 1. The number of nitrogens with zero attached hydrogens (tertiary/aromatic N) is 2. The maximum atomic E-state index is 8.84. The average Bonchev–Trinajstić information content (AvgIpc) is 2.65. The standard InChI is InChI=1S/C12H13N3/c1-9-4-5-10(8-13)7-11(9)15-6-2-3-12(15)14/h4-5,7,14H,2-3,6H2,1H3. The van der Waals surface area contributed by atoms with Crippen LogP contribution in [0.25, 0.3) is 0 Å². The normalized spacial score (nSPS) is 15.5. The fourth-order valence-corrected chi connectivity index (χ4v) is 1.91. The summed E-state index contributed by atoms with van der Waals surface area (Å²) in [6.07, 6.45) is 1.88. The summed E-state index contributed by atoms with van der Waals surface area (Å²) in [6, 6.07) is 7.77. The second-order valence-corrected chi connectivity index (χ2v) is 3.81. The van der Waals surface area contributed by atoms with Crippen LogP contribution in [0.2, 0.25) is 0 Å². The van der Waals surface area contributed by atoms with Gasteiger partial charge in [-0.05, 0) is 31.0 Å². The molecule has 1 N–H and O–H groups in total. The minimum absolute atomic E-state index is 0.660. The molecule has 1 fully saturated rings. The van der Waals surface area contributed by atoms with Crippen LogP contribution in [-0.4, -0.2) is 12.4 Å². The Bertz CT molecular complexity index is 443. The zero-order valence-electron chi connectivity index (χ0n) is 8.75. The lowest BCUT2D eigenvalue weighted by atomic mass is 10.1. The van der Waals surface area contributed by atoms with Crippen molar-refractivity contribution in [2.24, 2.45) is 0 Å². The summed E-state index contributed by atoms with van der Waals surface area (Å²) in [7, 11) is 0. The van der Waals surface area contributed by atoms with E-state index in [9.17, 15) is 0 Å². The number of benzene rings is 1. The lowest BCUT2D eigenvalue weighted by molar-refractivity contribution is 0.954. The van der Waals surface area contributed by atoms with Gasteiger partial charge in [0.2, 0.25) is 0 Å². The molecule has 3 nitrogen and oxygen atoms in total. The number of hydrogen-bond donors (Lipinski definition) is 1. The van der Waals surface area contributed by atoms with Gasteiger partial charge < -0.3 is 4.90 Å². The molecule has 76 valence electrons. The maximum Gasteiger partial charge on any atom is 0.100 e. The van der Waals surface area contributed by atoms with Crippen LogP contribution >= 0.6 is 0 Å². The molecule has 2 rings (SSSR count). The second-order valence-electron chi connectivity index (χ2n) is 3.81. The van der Waals surface area contributed by atoms with Gasteiger partial charge >= 0.3 is 0 Å². The Morgan fingerprint density at radius 2 is 2.27 bits per heavy atom. The van der Waals surface area contributed by atoms with E-state index < -0.39 is 0 Å². The fraction of sp³-hybridized carbons (Fsp3) is 0.333. The summed E-state index contributed by atoms with van der Waals surface area (Å²) < 4.78 is 0. The third-order valence-electron chi connectivity index (χ3n) is 2.75. The van der Waals surface area contributed by atoms with E-state index in [1.54, 1.807) is 0 Å². The minimum atomic E-state index is 0.660. The highest BCUT2D eigenvalue weighted by Crippen LogP contribution is 2.26. The predicted molar refractivity (Wildman–Crippen MR) is 60.2 cm³/mol. The molecule has 0 atom stereocenters.